The van der Waals surface area contributed by atoms with E-state index in [1.165, 1.54) is 6.07 Å². The summed E-state index contributed by atoms with van der Waals surface area (Å²) in [5.74, 6) is 0.567. The van der Waals surface area contributed by atoms with Crippen molar-refractivity contribution in [2.45, 2.75) is 39.0 Å². The molecule has 0 unspecified atom stereocenters. The maximum absolute atomic E-state index is 13.5. The fourth-order valence-electron chi connectivity index (χ4n) is 2.65. The summed E-state index contributed by atoms with van der Waals surface area (Å²) in [6.07, 6.45) is 2.06. The third kappa shape index (κ3) is 5.73. The Morgan fingerprint density at radius 3 is 2.56 bits per heavy atom. The van der Waals surface area contributed by atoms with Crippen molar-refractivity contribution >= 4 is 11.9 Å². The van der Waals surface area contributed by atoms with E-state index in [0.717, 1.165) is 30.9 Å². The minimum absolute atomic E-state index is 0.0112. The molecule has 3 N–H and O–H groups in total. The molecule has 1 aromatic carbocycles. The molecule has 138 valence electrons. The predicted octanol–water partition coefficient (Wildman–Crippen LogP) is 2.18. The summed E-state index contributed by atoms with van der Waals surface area (Å²) in [5, 5.41) is 9.31. The number of nitrogens with zero attached hydrogens (tertiary/aromatic N) is 1. The Balaban J connectivity index is 1.88. The van der Waals surface area contributed by atoms with Gasteiger partial charge in [-0.1, -0.05) is 26.0 Å². The van der Waals surface area contributed by atoms with Crippen LogP contribution in [-0.2, 0) is 10.2 Å². The highest BCUT2D eigenvalue weighted by molar-refractivity contribution is 5.80. The SMILES string of the molecule is CCNC(=NCC1(c2cccc(F)c2)CC1)NCCNC(=O)C(C)C. The number of rotatable bonds is 8. The first kappa shape index (κ1) is 19.2. The van der Waals surface area contributed by atoms with Crippen LogP contribution in [0, 0.1) is 11.7 Å². The lowest BCUT2D eigenvalue weighted by molar-refractivity contribution is -0.123. The van der Waals surface area contributed by atoms with E-state index in [2.05, 4.69) is 20.9 Å². The van der Waals surface area contributed by atoms with Gasteiger partial charge in [-0.3, -0.25) is 9.79 Å². The standard InChI is InChI=1S/C19H29FN4O/c1-4-21-18(23-11-10-22-17(25)14(2)3)24-13-19(8-9-19)15-6-5-7-16(20)12-15/h5-7,12,14H,4,8-11,13H2,1-3H3,(H,22,25)(H2,21,23,24). The molecule has 0 atom stereocenters. The van der Waals surface area contributed by atoms with Gasteiger partial charge in [0.05, 0.1) is 6.54 Å². The molecule has 0 spiro atoms. The van der Waals surface area contributed by atoms with Gasteiger partial charge in [-0.25, -0.2) is 4.39 Å². The minimum atomic E-state index is -0.196. The lowest BCUT2D eigenvalue weighted by atomic mass is 9.96. The van der Waals surface area contributed by atoms with Gasteiger partial charge in [0.1, 0.15) is 5.82 Å². The molecule has 1 saturated carbocycles. The van der Waals surface area contributed by atoms with E-state index in [-0.39, 0.29) is 23.1 Å². The Morgan fingerprint density at radius 2 is 1.96 bits per heavy atom. The number of guanidine groups is 1. The van der Waals surface area contributed by atoms with Crippen LogP contribution in [0.1, 0.15) is 39.2 Å². The van der Waals surface area contributed by atoms with Crippen LogP contribution < -0.4 is 16.0 Å². The molecule has 2 rings (SSSR count). The zero-order valence-electron chi connectivity index (χ0n) is 15.4. The Kier molecular flexibility index (Phi) is 6.79. The predicted molar refractivity (Wildman–Crippen MR) is 99.1 cm³/mol. The van der Waals surface area contributed by atoms with Crippen LogP contribution in [0.25, 0.3) is 0 Å². The van der Waals surface area contributed by atoms with Crippen LogP contribution in [-0.4, -0.2) is 38.0 Å². The van der Waals surface area contributed by atoms with Crippen molar-refractivity contribution in [1.82, 2.24) is 16.0 Å². The zero-order valence-corrected chi connectivity index (χ0v) is 15.4. The molecule has 1 aliphatic carbocycles. The third-order valence-electron chi connectivity index (χ3n) is 4.42. The summed E-state index contributed by atoms with van der Waals surface area (Å²) < 4.78 is 13.5. The maximum atomic E-state index is 13.5. The van der Waals surface area contributed by atoms with Crippen molar-refractivity contribution in [1.29, 1.82) is 0 Å². The smallest absolute Gasteiger partial charge is 0.222 e. The van der Waals surface area contributed by atoms with E-state index in [1.807, 2.05) is 26.8 Å². The second kappa shape index (κ2) is 8.83. The van der Waals surface area contributed by atoms with Gasteiger partial charge in [0, 0.05) is 31.0 Å². The van der Waals surface area contributed by atoms with Gasteiger partial charge in [0.15, 0.2) is 5.96 Å². The molecule has 6 heteroatoms. The Labute approximate surface area is 149 Å². The molecule has 0 saturated heterocycles. The summed E-state index contributed by atoms with van der Waals surface area (Å²) >= 11 is 0. The van der Waals surface area contributed by atoms with Gasteiger partial charge in [0.25, 0.3) is 0 Å². The molecule has 0 aromatic heterocycles. The van der Waals surface area contributed by atoms with Gasteiger partial charge in [-0.05, 0) is 37.5 Å². The van der Waals surface area contributed by atoms with E-state index in [1.54, 1.807) is 12.1 Å². The maximum Gasteiger partial charge on any atom is 0.222 e. The number of carbonyl (C=O) groups is 1. The van der Waals surface area contributed by atoms with Crippen LogP contribution in [0.3, 0.4) is 0 Å². The number of nitrogens with one attached hydrogen (secondary N) is 3. The van der Waals surface area contributed by atoms with Crippen LogP contribution in [0.2, 0.25) is 0 Å². The van der Waals surface area contributed by atoms with Crippen LogP contribution in [0.5, 0.6) is 0 Å². The molecular formula is C19H29FN4O. The number of hydrogen-bond acceptors (Lipinski definition) is 2. The average molecular weight is 348 g/mol. The van der Waals surface area contributed by atoms with Crippen molar-refractivity contribution in [2.75, 3.05) is 26.2 Å². The van der Waals surface area contributed by atoms with Gasteiger partial charge in [-0.15, -0.1) is 0 Å². The van der Waals surface area contributed by atoms with Crippen molar-refractivity contribution < 1.29 is 9.18 Å². The number of hydrogen-bond donors (Lipinski definition) is 3. The molecule has 1 aliphatic rings. The van der Waals surface area contributed by atoms with E-state index in [4.69, 9.17) is 0 Å². The first-order valence-corrected chi connectivity index (χ1v) is 9.03. The number of benzene rings is 1. The lowest BCUT2D eigenvalue weighted by Gasteiger charge is -2.16. The number of halogens is 1. The molecule has 5 nitrogen and oxygen atoms in total. The van der Waals surface area contributed by atoms with Gasteiger partial charge in [-0.2, -0.15) is 0 Å². The van der Waals surface area contributed by atoms with Crippen molar-refractivity contribution in [2.24, 2.45) is 10.9 Å². The Morgan fingerprint density at radius 1 is 1.24 bits per heavy atom. The van der Waals surface area contributed by atoms with E-state index >= 15 is 0 Å². The highest BCUT2D eigenvalue weighted by Gasteiger charge is 2.44. The highest BCUT2D eigenvalue weighted by atomic mass is 19.1. The molecule has 0 heterocycles. The molecule has 1 fully saturated rings. The number of amides is 1. The minimum Gasteiger partial charge on any atom is -0.357 e. The first-order chi connectivity index (χ1) is 12.0. The second-order valence-corrected chi connectivity index (χ2v) is 6.86. The lowest BCUT2D eigenvalue weighted by Crippen LogP contribution is -2.42. The topological polar surface area (TPSA) is 65.5 Å². The largest absolute Gasteiger partial charge is 0.357 e. The first-order valence-electron chi connectivity index (χ1n) is 9.03. The molecule has 1 amide bonds. The fraction of sp³-hybridized carbons (Fsp3) is 0.579. The van der Waals surface area contributed by atoms with Crippen molar-refractivity contribution in [3.05, 3.63) is 35.6 Å². The van der Waals surface area contributed by atoms with Crippen molar-refractivity contribution in [3.63, 3.8) is 0 Å². The van der Waals surface area contributed by atoms with E-state index in [0.29, 0.717) is 19.6 Å². The molecular weight excluding hydrogens is 319 g/mol. The summed E-state index contributed by atoms with van der Waals surface area (Å²) in [5.41, 5.74) is 0.993. The second-order valence-electron chi connectivity index (χ2n) is 6.86. The van der Waals surface area contributed by atoms with Crippen LogP contribution in [0.4, 0.5) is 4.39 Å². The summed E-state index contributed by atoms with van der Waals surface area (Å²) in [6, 6.07) is 6.83. The Bertz CT molecular complexity index is 611. The number of aliphatic imine (C=N–C) groups is 1. The fourth-order valence-corrected chi connectivity index (χ4v) is 2.65. The molecule has 0 radical (unpaired) electrons. The van der Waals surface area contributed by atoms with Gasteiger partial charge >= 0.3 is 0 Å². The van der Waals surface area contributed by atoms with E-state index in [9.17, 15) is 9.18 Å². The summed E-state index contributed by atoms with van der Waals surface area (Å²) in [7, 11) is 0. The highest BCUT2D eigenvalue weighted by Crippen LogP contribution is 2.48. The quantitative estimate of drug-likeness (QED) is 0.383. The molecule has 0 aliphatic heterocycles. The summed E-state index contributed by atoms with van der Waals surface area (Å²) in [4.78, 5) is 16.2. The normalized spacial score (nSPS) is 15.8. The van der Waals surface area contributed by atoms with Crippen LogP contribution in [0.15, 0.2) is 29.3 Å². The monoisotopic (exact) mass is 348 g/mol. The zero-order chi connectivity index (χ0) is 18.3. The molecule has 25 heavy (non-hydrogen) atoms. The molecule has 1 aromatic rings. The van der Waals surface area contributed by atoms with Crippen LogP contribution >= 0.6 is 0 Å². The van der Waals surface area contributed by atoms with Crippen molar-refractivity contribution in [3.8, 4) is 0 Å². The Hall–Kier alpha value is -2.11. The van der Waals surface area contributed by atoms with Gasteiger partial charge < -0.3 is 16.0 Å². The number of carbonyl (C=O) groups excluding carboxylic acids is 1. The average Bonchev–Trinajstić information content (AvgIpc) is 3.37. The van der Waals surface area contributed by atoms with E-state index < -0.39 is 0 Å². The van der Waals surface area contributed by atoms with Gasteiger partial charge in [0.2, 0.25) is 5.91 Å². The summed E-state index contributed by atoms with van der Waals surface area (Å²) in [6.45, 7) is 8.30. The molecule has 0 bridgehead atoms. The third-order valence-corrected chi connectivity index (χ3v) is 4.42.